The zero-order chi connectivity index (χ0) is 13.8. The van der Waals surface area contributed by atoms with Crippen molar-refractivity contribution < 1.29 is 0 Å². The van der Waals surface area contributed by atoms with Gasteiger partial charge in [0.1, 0.15) is 0 Å². The molecule has 0 aliphatic heterocycles. The van der Waals surface area contributed by atoms with Crippen LogP contribution in [-0.2, 0) is 12.8 Å². The number of aromatic nitrogens is 2. The zero-order valence-corrected chi connectivity index (χ0v) is 12.9. The third-order valence-corrected chi connectivity index (χ3v) is 4.49. The van der Waals surface area contributed by atoms with Crippen LogP contribution in [0.25, 0.3) is 0 Å². The predicted molar refractivity (Wildman–Crippen MR) is 81.0 cm³/mol. The number of nitrogens with two attached hydrogens (primary N) is 1. The quantitative estimate of drug-likeness (QED) is 0.905. The van der Waals surface area contributed by atoms with Crippen LogP contribution < -0.4 is 5.73 Å². The van der Waals surface area contributed by atoms with Gasteiger partial charge in [-0.2, -0.15) is 0 Å². The highest BCUT2D eigenvalue weighted by Gasteiger charge is 2.16. The number of nitrogens with zero attached hydrogens (tertiary/aromatic N) is 2. The molecule has 0 saturated heterocycles. The lowest BCUT2D eigenvalue weighted by molar-refractivity contribution is 0.715. The lowest BCUT2D eigenvalue weighted by Crippen LogP contribution is -2.14. The molecule has 2 aromatic rings. The van der Waals surface area contributed by atoms with E-state index >= 15 is 0 Å². The Bertz CT molecular complexity index is 557. The number of hydrogen-bond donors (Lipinski definition) is 1. The van der Waals surface area contributed by atoms with E-state index in [9.17, 15) is 0 Å². The number of aryl methyl sites for hydroxylation is 1. The zero-order valence-electron chi connectivity index (χ0n) is 10.6. The first-order valence-corrected chi connectivity index (χ1v) is 7.65. The molecular weight excluding hydrogens is 301 g/mol. The fraction of sp³-hybridized carbons (Fsp3) is 0.385. The summed E-state index contributed by atoms with van der Waals surface area (Å²) in [7, 11) is 0. The Morgan fingerprint density at radius 1 is 1.32 bits per heavy atom. The molecule has 2 N–H and O–H groups in total. The minimum absolute atomic E-state index is 0.0983. The molecule has 1 aromatic carbocycles. The van der Waals surface area contributed by atoms with Gasteiger partial charge in [-0.25, -0.2) is 0 Å². The Kier molecular flexibility index (Phi) is 5.16. The van der Waals surface area contributed by atoms with Gasteiger partial charge in [-0.05, 0) is 42.1 Å². The van der Waals surface area contributed by atoms with Crippen molar-refractivity contribution in [3.05, 3.63) is 44.4 Å². The molecule has 19 heavy (non-hydrogen) atoms. The van der Waals surface area contributed by atoms with E-state index in [1.807, 2.05) is 12.1 Å². The van der Waals surface area contributed by atoms with Gasteiger partial charge in [-0.15, -0.1) is 5.10 Å². The summed E-state index contributed by atoms with van der Waals surface area (Å²) in [5, 5.41) is 5.26. The van der Waals surface area contributed by atoms with Crippen molar-refractivity contribution in [1.29, 1.82) is 0 Å². The van der Waals surface area contributed by atoms with Crippen LogP contribution in [0.4, 0.5) is 0 Å². The van der Waals surface area contributed by atoms with Gasteiger partial charge in [-0.3, -0.25) is 0 Å². The van der Waals surface area contributed by atoms with Crippen LogP contribution in [0.1, 0.15) is 35.5 Å². The van der Waals surface area contributed by atoms with Gasteiger partial charge in [0.05, 0.1) is 20.6 Å². The van der Waals surface area contributed by atoms with Crippen LogP contribution in [0, 0.1) is 0 Å². The summed E-state index contributed by atoms with van der Waals surface area (Å²) >= 11 is 13.3. The maximum atomic E-state index is 6.25. The molecule has 0 amide bonds. The summed E-state index contributed by atoms with van der Waals surface area (Å²) in [5.41, 5.74) is 8.33. The Balaban J connectivity index is 2.13. The molecule has 1 heterocycles. The Morgan fingerprint density at radius 2 is 2.11 bits per heavy atom. The highest BCUT2D eigenvalue weighted by atomic mass is 35.5. The van der Waals surface area contributed by atoms with Crippen LogP contribution in [0.15, 0.2) is 18.2 Å². The van der Waals surface area contributed by atoms with E-state index in [0.717, 1.165) is 29.0 Å². The average Bonchev–Trinajstić information content (AvgIpc) is 2.83. The van der Waals surface area contributed by atoms with E-state index in [0.29, 0.717) is 16.5 Å². The summed E-state index contributed by atoms with van der Waals surface area (Å²) in [4.78, 5) is 1.06. The molecule has 0 radical (unpaired) electrons. The number of rotatable bonds is 5. The van der Waals surface area contributed by atoms with Crippen molar-refractivity contribution in [2.24, 2.45) is 5.73 Å². The topological polar surface area (TPSA) is 51.8 Å². The van der Waals surface area contributed by atoms with Crippen LogP contribution in [0.2, 0.25) is 10.0 Å². The van der Waals surface area contributed by atoms with Crippen LogP contribution in [-0.4, -0.2) is 9.59 Å². The van der Waals surface area contributed by atoms with Crippen LogP contribution in [0.5, 0.6) is 0 Å². The first-order chi connectivity index (χ1) is 9.11. The van der Waals surface area contributed by atoms with Gasteiger partial charge in [0.2, 0.25) is 0 Å². The molecule has 0 aliphatic rings. The second-order valence-electron chi connectivity index (χ2n) is 4.39. The monoisotopic (exact) mass is 315 g/mol. The number of halogens is 2. The van der Waals surface area contributed by atoms with Gasteiger partial charge in [0.15, 0.2) is 0 Å². The molecule has 1 unspecified atom stereocenters. The third-order valence-electron chi connectivity index (χ3n) is 2.85. The highest BCUT2D eigenvalue weighted by Crippen LogP contribution is 2.27. The molecule has 1 aromatic heterocycles. The van der Waals surface area contributed by atoms with Gasteiger partial charge in [0.25, 0.3) is 0 Å². The lowest BCUT2D eigenvalue weighted by Gasteiger charge is -2.11. The van der Waals surface area contributed by atoms with Gasteiger partial charge in [-0.1, -0.05) is 47.1 Å². The second kappa shape index (κ2) is 6.66. The molecule has 6 heteroatoms. The Labute approximate surface area is 126 Å². The molecule has 0 saturated carbocycles. The summed E-state index contributed by atoms with van der Waals surface area (Å²) in [6.07, 6.45) is 2.66. The SMILES string of the molecule is CCCc1nnsc1C(N)Cc1ccc(Cl)c(Cl)c1. The minimum atomic E-state index is -0.0983. The van der Waals surface area contributed by atoms with Crippen molar-refractivity contribution in [2.75, 3.05) is 0 Å². The fourth-order valence-corrected chi connectivity index (χ4v) is 2.94. The third kappa shape index (κ3) is 3.66. The van der Waals surface area contributed by atoms with E-state index in [1.165, 1.54) is 11.5 Å². The summed E-state index contributed by atoms with van der Waals surface area (Å²) in [5.74, 6) is 0. The molecule has 3 nitrogen and oxygen atoms in total. The highest BCUT2D eigenvalue weighted by molar-refractivity contribution is 7.05. The smallest absolute Gasteiger partial charge is 0.0803 e. The first-order valence-electron chi connectivity index (χ1n) is 6.12. The number of benzene rings is 1. The molecule has 1 atom stereocenters. The van der Waals surface area contributed by atoms with Crippen LogP contribution in [0.3, 0.4) is 0 Å². The van der Waals surface area contributed by atoms with E-state index < -0.39 is 0 Å². The first kappa shape index (κ1) is 14.7. The van der Waals surface area contributed by atoms with Crippen LogP contribution >= 0.6 is 34.7 Å². The molecular formula is C13H15Cl2N3S. The molecule has 0 spiro atoms. The summed E-state index contributed by atoms with van der Waals surface area (Å²) in [6.45, 7) is 2.12. The maximum absolute atomic E-state index is 6.25. The van der Waals surface area contributed by atoms with Crippen molar-refractivity contribution in [2.45, 2.75) is 32.2 Å². The summed E-state index contributed by atoms with van der Waals surface area (Å²) < 4.78 is 4.00. The fourth-order valence-electron chi connectivity index (χ4n) is 1.92. The number of hydrogen-bond acceptors (Lipinski definition) is 4. The van der Waals surface area contributed by atoms with E-state index in [4.69, 9.17) is 28.9 Å². The summed E-state index contributed by atoms with van der Waals surface area (Å²) in [6, 6.07) is 5.50. The second-order valence-corrected chi connectivity index (χ2v) is 5.99. The van der Waals surface area contributed by atoms with E-state index in [1.54, 1.807) is 6.07 Å². The predicted octanol–water partition coefficient (Wildman–Crippen LogP) is 4.04. The largest absolute Gasteiger partial charge is 0.323 e. The van der Waals surface area contributed by atoms with Gasteiger partial charge in [0, 0.05) is 6.04 Å². The standard InChI is InChI=1S/C13H15Cl2N3S/c1-2-3-12-13(19-18-17-12)11(16)7-8-4-5-9(14)10(15)6-8/h4-6,11H,2-3,7,16H2,1H3. The minimum Gasteiger partial charge on any atom is -0.323 e. The lowest BCUT2D eigenvalue weighted by atomic mass is 10.0. The van der Waals surface area contributed by atoms with Gasteiger partial charge >= 0.3 is 0 Å². The maximum Gasteiger partial charge on any atom is 0.0803 e. The van der Waals surface area contributed by atoms with Crippen molar-refractivity contribution in [3.63, 3.8) is 0 Å². The van der Waals surface area contributed by atoms with E-state index in [-0.39, 0.29) is 6.04 Å². The van der Waals surface area contributed by atoms with Crippen molar-refractivity contribution in [3.8, 4) is 0 Å². The Hall–Kier alpha value is -0.680. The molecule has 0 fully saturated rings. The normalized spacial score (nSPS) is 12.6. The molecule has 0 bridgehead atoms. The van der Waals surface area contributed by atoms with Crippen molar-refractivity contribution in [1.82, 2.24) is 9.59 Å². The Morgan fingerprint density at radius 3 is 2.79 bits per heavy atom. The molecule has 0 aliphatic carbocycles. The molecule has 2 rings (SSSR count). The average molecular weight is 316 g/mol. The molecule has 102 valence electrons. The van der Waals surface area contributed by atoms with Gasteiger partial charge < -0.3 is 5.73 Å². The van der Waals surface area contributed by atoms with E-state index in [2.05, 4.69) is 16.5 Å². The van der Waals surface area contributed by atoms with Crippen molar-refractivity contribution >= 4 is 34.7 Å².